The molecule has 1 unspecified atom stereocenters. The predicted molar refractivity (Wildman–Crippen MR) is 89.9 cm³/mol. The minimum absolute atomic E-state index is 0.0151. The quantitative estimate of drug-likeness (QED) is 0.732. The average molecular weight is 369 g/mol. The van der Waals surface area contributed by atoms with Crippen LogP contribution in [-0.2, 0) is 11.3 Å². The Labute approximate surface area is 149 Å². The molecule has 0 aliphatic carbocycles. The third kappa shape index (κ3) is 4.45. The van der Waals surface area contributed by atoms with Crippen LogP contribution in [0.1, 0.15) is 5.56 Å². The summed E-state index contributed by atoms with van der Waals surface area (Å²) in [5.74, 6) is -3.75. The van der Waals surface area contributed by atoms with Crippen molar-refractivity contribution in [3.8, 4) is 11.5 Å². The van der Waals surface area contributed by atoms with Crippen LogP contribution in [0.2, 0.25) is 0 Å². The van der Waals surface area contributed by atoms with E-state index in [1.807, 2.05) is 6.07 Å². The van der Waals surface area contributed by atoms with Crippen molar-refractivity contribution in [2.24, 2.45) is 0 Å². The van der Waals surface area contributed by atoms with E-state index in [4.69, 9.17) is 9.47 Å². The third-order valence-electron chi connectivity index (χ3n) is 3.75. The van der Waals surface area contributed by atoms with Crippen LogP contribution in [-0.4, -0.2) is 33.7 Å². The van der Waals surface area contributed by atoms with Crippen molar-refractivity contribution in [2.75, 3.05) is 33.1 Å². The first kappa shape index (κ1) is 19.6. The second kappa shape index (κ2) is 8.57. The lowest BCUT2D eigenvalue weighted by molar-refractivity contribution is -0.885. The number of ether oxygens (including phenoxy) is 2. The summed E-state index contributed by atoms with van der Waals surface area (Å²) in [4.78, 5) is 12.8. The molecule has 26 heavy (non-hydrogen) atoms. The molecule has 2 aromatic rings. The van der Waals surface area contributed by atoms with E-state index in [-0.39, 0.29) is 6.54 Å². The number of nitrogens with one attached hydrogen (secondary N) is 2. The molecule has 140 valence electrons. The number of carbonyl (C=O) groups excluding carboxylic acids is 1. The Balaban J connectivity index is 2.03. The molecule has 0 aliphatic rings. The lowest BCUT2D eigenvalue weighted by Gasteiger charge is -2.17. The molecule has 0 aliphatic heterocycles. The molecule has 2 rings (SSSR count). The third-order valence-corrected chi connectivity index (χ3v) is 3.75. The Hall–Kier alpha value is -2.74. The van der Waals surface area contributed by atoms with Crippen LogP contribution < -0.4 is 19.7 Å². The van der Waals surface area contributed by atoms with Gasteiger partial charge in [-0.3, -0.25) is 4.79 Å². The van der Waals surface area contributed by atoms with Crippen molar-refractivity contribution >= 4 is 11.6 Å². The van der Waals surface area contributed by atoms with Gasteiger partial charge >= 0.3 is 0 Å². The molecule has 5 nitrogen and oxygen atoms in total. The van der Waals surface area contributed by atoms with E-state index in [1.165, 1.54) is 14.2 Å². The molecular weight excluding hydrogens is 349 g/mol. The van der Waals surface area contributed by atoms with Crippen molar-refractivity contribution in [1.29, 1.82) is 0 Å². The fourth-order valence-electron chi connectivity index (χ4n) is 2.57. The largest absolute Gasteiger partial charge is 0.493 e. The molecule has 0 spiro atoms. The number of rotatable bonds is 7. The molecule has 2 aromatic carbocycles. The summed E-state index contributed by atoms with van der Waals surface area (Å²) >= 11 is 0. The van der Waals surface area contributed by atoms with Gasteiger partial charge in [-0.1, -0.05) is 6.07 Å². The van der Waals surface area contributed by atoms with Crippen LogP contribution in [0.5, 0.6) is 11.5 Å². The molecule has 0 aromatic heterocycles. The minimum atomic E-state index is -1.62. The number of benzene rings is 2. The molecule has 0 saturated heterocycles. The Morgan fingerprint density at radius 3 is 2.46 bits per heavy atom. The van der Waals surface area contributed by atoms with Crippen molar-refractivity contribution in [3.05, 3.63) is 53.3 Å². The molecule has 2 N–H and O–H groups in total. The SMILES string of the molecule is COc1cccc(C[NH+](C)CC(=O)Nc2ccc(F)c(F)c2F)c1OC. The van der Waals surface area contributed by atoms with Gasteiger partial charge in [0.05, 0.1) is 32.5 Å². The summed E-state index contributed by atoms with van der Waals surface area (Å²) in [5.41, 5.74) is 0.428. The summed E-state index contributed by atoms with van der Waals surface area (Å²) in [5, 5.41) is 2.25. The Morgan fingerprint density at radius 1 is 1.08 bits per heavy atom. The van der Waals surface area contributed by atoms with Gasteiger partial charge in [0.15, 0.2) is 35.5 Å². The monoisotopic (exact) mass is 369 g/mol. The van der Waals surface area contributed by atoms with Crippen molar-refractivity contribution < 1.29 is 32.3 Å². The van der Waals surface area contributed by atoms with Crippen LogP contribution in [0.4, 0.5) is 18.9 Å². The van der Waals surface area contributed by atoms with Gasteiger partial charge in [-0.15, -0.1) is 0 Å². The van der Waals surface area contributed by atoms with E-state index in [1.54, 1.807) is 19.2 Å². The van der Waals surface area contributed by atoms with Crippen molar-refractivity contribution in [2.45, 2.75) is 6.54 Å². The number of anilines is 1. The van der Waals surface area contributed by atoms with E-state index in [0.717, 1.165) is 22.6 Å². The zero-order valence-corrected chi connectivity index (χ0v) is 14.7. The smallest absolute Gasteiger partial charge is 0.279 e. The number of hydrogen-bond acceptors (Lipinski definition) is 3. The second-order valence-electron chi connectivity index (χ2n) is 5.73. The normalized spacial score (nSPS) is 11.8. The molecule has 1 atom stereocenters. The van der Waals surface area contributed by atoms with Gasteiger partial charge < -0.3 is 19.7 Å². The summed E-state index contributed by atoms with van der Waals surface area (Å²) in [6, 6.07) is 7.15. The maximum absolute atomic E-state index is 13.6. The molecule has 8 heteroatoms. The second-order valence-corrected chi connectivity index (χ2v) is 5.73. The summed E-state index contributed by atoms with van der Waals surface area (Å²) in [7, 11) is 4.82. The van der Waals surface area contributed by atoms with Gasteiger partial charge in [0.1, 0.15) is 6.54 Å². The Bertz CT molecular complexity index is 799. The van der Waals surface area contributed by atoms with Crippen molar-refractivity contribution in [1.82, 2.24) is 0 Å². The van der Waals surface area contributed by atoms with Crippen LogP contribution in [0.15, 0.2) is 30.3 Å². The predicted octanol–water partition coefficient (Wildman–Crippen LogP) is 1.77. The zero-order chi connectivity index (χ0) is 19.3. The molecule has 0 saturated carbocycles. The number of carbonyl (C=O) groups is 1. The first-order valence-electron chi connectivity index (χ1n) is 7.81. The van der Waals surface area contributed by atoms with Crippen LogP contribution in [0.25, 0.3) is 0 Å². The van der Waals surface area contributed by atoms with Gasteiger partial charge in [0.25, 0.3) is 5.91 Å². The molecule has 0 radical (unpaired) electrons. The molecular formula is C18H20F3N2O3+. The maximum atomic E-state index is 13.6. The first-order valence-corrected chi connectivity index (χ1v) is 7.81. The standard InChI is InChI=1S/C18H19F3N2O3/c1-23(9-11-5-4-6-14(25-2)18(11)26-3)10-15(24)22-13-8-7-12(19)16(20)17(13)21/h4-8H,9-10H2,1-3H3,(H,22,24)/p+1. The summed E-state index contributed by atoms with van der Waals surface area (Å²) < 4.78 is 50.3. The first-order chi connectivity index (χ1) is 12.4. The van der Waals surface area contributed by atoms with E-state index in [2.05, 4.69) is 5.32 Å². The van der Waals surface area contributed by atoms with Crippen LogP contribution in [0.3, 0.4) is 0 Å². The molecule has 1 amide bonds. The van der Waals surface area contributed by atoms with Crippen molar-refractivity contribution in [3.63, 3.8) is 0 Å². The zero-order valence-electron chi connectivity index (χ0n) is 14.7. The Kier molecular flexibility index (Phi) is 6.46. The molecule has 0 fully saturated rings. The number of para-hydroxylation sites is 1. The topological polar surface area (TPSA) is 52.0 Å². The van der Waals surface area contributed by atoms with Gasteiger partial charge in [0.2, 0.25) is 0 Å². The van der Waals surface area contributed by atoms with Crippen LogP contribution in [0, 0.1) is 17.5 Å². The van der Waals surface area contributed by atoms with Gasteiger partial charge in [-0.05, 0) is 24.3 Å². The number of quaternary nitrogens is 1. The molecule has 0 heterocycles. The fourth-order valence-corrected chi connectivity index (χ4v) is 2.57. The number of halogens is 3. The minimum Gasteiger partial charge on any atom is -0.493 e. The van der Waals surface area contributed by atoms with E-state index >= 15 is 0 Å². The molecule has 0 bridgehead atoms. The highest BCUT2D eigenvalue weighted by atomic mass is 19.2. The highest BCUT2D eigenvalue weighted by Gasteiger charge is 2.19. The van der Waals surface area contributed by atoms with E-state index < -0.39 is 29.0 Å². The number of likely N-dealkylation sites (N-methyl/N-ethyl adjacent to an activating group) is 1. The Morgan fingerprint density at radius 2 is 1.81 bits per heavy atom. The summed E-state index contributed by atoms with van der Waals surface area (Å²) in [6.07, 6.45) is 0. The average Bonchev–Trinajstić information content (AvgIpc) is 2.61. The van der Waals surface area contributed by atoms with Gasteiger partial charge in [-0.2, -0.15) is 0 Å². The van der Waals surface area contributed by atoms with E-state index in [0.29, 0.717) is 18.0 Å². The maximum Gasteiger partial charge on any atom is 0.279 e. The van der Waals surface area contributed by atoms with Gasteiger partial charge in [0, 0.05) is 0 Å². The highest BCUT2D eigenvalue weighted by Crippen LogP contribution is 2.30. The van der Waals surface area contributed by atoms with Crippen LogP contribution >= 0.6 is 0 Å². The summed E-state index contributed by atoms with van der Waals surface area (Å²) in [6.45, 7) is 0.423. The number of methoxy groups -OCH3 is 2. The van der Waals surface area contributed by atoms with E-state index in [9.17, 15) is 18.0 Å². The lowest BCUT2D eigenvalue weighted by atomic mass is 10.1. The highest BCUT2D eigenvalue weighted by molar-refractivity contribution is 5.91. The fraction of sp³-hybridized carbons (Fsp3) is 0.278. The number of hydrogen-bond donors (Lipinski definition) is 2. The lowest BCUT2D eigenvalue weighted by Crippen LogP contribution is -3.08. The number of amides is 1. The van der Waals surface area contributed by atoms with Gasteiger partial charge in [-0.25, -0.2) is 13.2 Å².